The standard InChI is InChI=1S/C28H36N4O4/c1-27(2,29)25(34)31-16-23(33)18-36-17-21-10-6-7-11-24(21)32-13-12-22-15-30-26(35)28(22,19-32)14-20-8-4-3-5-9-20/h3-11,22H,12-19,29H2,1-2H3,(H,30,35)(H,31,34). The van der Waals surface area contributed by atoms with Crippen LogP contribution in [-0.2, 0) is 32.1 Å². The van der Waals surface area contributed by atoms with Crippen molar-refractivity contribution in [2.75, 3.05) is 37.7 Å². The van der Waals surface area contributed by atoms with Crippen molar-refractivity contribution in [2.24, 2.45) is 17.1 Å². The van der Waals surface area contributed by atoms with Gasteiger partial charge in [0.05, 0.1) is 24.1 Å². The zero-order valence-electron chi connectivity index (χ0n) is 21.1. The molecular formula is C28H36N4O4. The van der Waals surface area contributed by atoms with Gasteiger partial charge in [-0.2, -0.15) is 0 Å². The zero-order valence-corrected chi connectivity index (χ0v) is 21.1. The Balaban J connectivity index is 1.41. The van der Waals surface area contributed by atoms with Gasteiger partial charge in [0.15, 0.2) is 5.78 Å². The number of Topliss-reactive ketones (excluding diaryl/α,β-unsaturated/α-hetero) is 1. The first-order chi connectivity index (χ1) is 17.2. The number of nitrogens with zero attached hydrogens (tertiary/aromatic N) is 1. The SMILES string of the molecule is CC(C)(N)C(=O)NCC(=O)COCc1ccccc1N1CCC2CNC(=O)C2(Cc2ccccc2)C1. The van der Waals surface area contributed by atoms with Crippen LogP contribution in [0.4, 0.5) is 5.69 Å². The number of nitrogens with one attached hydrogen (secondary N) is 2. The number of hydrogen-bond donors (Lipinski definition) is 3. The molecule has 8 nitrogen and oxygen atoms in total. The molecule has 2 atom stereocenters. The number of carbonyl (C=O) groups excluding carboxylic acids is 3. The van der Waals surface area contributed by atoms with E-state index in [1.54, 1.807) is 13.8 Å². The monoisotopic (exact) mass is 492 g/mol. The maximum absolute atomic E-state index is 13.2. The Bertz CT molecular complexity index is 1100. The summed E-state index contributed by atoms with van der Waals surface area (Å²) in [5.41, 5.74) is 7.38. The quantitative estimate of drug-likeness (QED) is 0.466. The average Bonchev–Trinajstić information content (AvgIpc) is 3.18. The fourth-order valence-electron chi connectivity index (χ4n) is 5.20. The number of carbonyl (C=O) groups is 3. The maximum Gasteiger partial charge on any atom is 0.239 e. The van der Waals surface area contributed by atoms with Gasteiger partial charge in [0.25, 0.3) is 0 Å². The van der Waals surface area contributed by atoms with E-state index in [2.05, 4.69) is 27.7 Å². The van der Waals surface area contributed by atoms with Crippen molar-refractivity contribution >= 4 is 23.3 Å². The maximum atomic E-state index is 13.2. The first-order valence-electron chi connectivity index (χ1n) is 12.5. The summed E-state index contributed by atoms with van der Waals surface area (Å²) in [7, 11) is 0. The van der Waals surface area contributed by atoms with E-state index in [-0.39, 0.29) is 37.4 Å². The second-order valence-electron chi connectivity index (χ2n) is 10.5. The van der Waals surface area contributed by atoms with Gasteiger partial charge in [-0.3, -0.25) is 14.4 Å². The molecule has 4 rings (SSSR count). The Labute approximate surface area is 212 Å². The van der Waals surface area contributed by atoms with E-state index >= 15 is 0 Å². The van der Waals surface area contributed by atoms with E-state index in [1.165, 1.54) is 5.56 Å². The highest BCUT2D eigenvalue weighted by molar-refractivity contribution is 5.90. The molecule has 0 bridgehead atoms. The van der Waals surface area contributed by atoms with Crippen LogP contribution >= 0.6 is 0 Å². The predicted molar refractivity (Wildman–Crippen MR) is 138 cm³/mol. The van der Waals surface area contributed by atoms with Crippen molar-refractivity contribution in [1.29, 1.82) is 0 Å². The first-order valence-corrected chi connectivity index (χ1v) is 12.5. The van der Waals surface area contributed by atoms with E-state index in [0.717, 1.165) is 30.8 Å². The zero-order chi connectivity index (χ0) is 25.8. The van der Waals surface area contributed by atoms with Crippen molar-refractivity contribution in [3.63, 3.8) is 0 Å². The summed E-state index contributed by atoms with van der Waals surface area (Å²) in [6, 6.07) is 18.2. The van der Waals surface area contributed by atoms with E-state index in [0.29, 0.717) is 18.9 Å². The van der Waals surface area contributed by atoms with Gasteiger partial charge in [-0.15, -0.1) is 0 Å². The average molecular weight is 493 g/mol. The number of rotatable bonds is 10. The topological polar surface area (TPSA) is 114 Å². The van der Waals surface area contributed by atoms with Crippen molar-refractivity contribution in [3.8, 4) is 0 Å². The molecule has 0 radical (unpaired) electrons. The Morgan fingerprint density at radius 3 is 2.64 bits per heavy atom. The molecule has 2 aromatic rings. The van der Waals surface area contributed by atoms with Crippen molar-refractivity contribution in [2.45, 2.75) is 38.8 Å². The lowest BCUT2D eigenvalue weighted by molar-refractivity contribution is -0.129. The highest BCUT2D eigenvalue weighted by atomic mass is 16.5. The molecule has 0 aliphatic carbocycles. The smallest absolute Gasteiger partial charge is 0.239 e. The molecule has 0 saturated carbocycles. The summed E-state index contributed by atoms with van der Waals surface area (Å²) < 4.78 is 5.72. The van der Waals surface area contributed by atoms with Crippen molar-refractivity contribution < 1.29 is 19.1 Å². The van der Waals surface area contributed by atoms with Crippen LogP contribution in [0, 0.1) is 11.3 Å². The predicted octanol–water partition coefficient (Wildman–Crippen LogP) is 1.81. The van der Waals surface area contributed by atoms with E-state index < -0.39 is 11.0 Å². The van der Waals surface area contributed by atoms with E-state index in [1.807, 2.05) is 42.5 Å². The van der Waals surface area contributed by atoms with Gasteiger partial charge in [0.1, 0.15) is 6.61 Å². The summed E-state index contributed by atoms with van der Waals surface area (Å²) in [5, 5.41) is 5.66. The summed E-state index contributed by atoms with van der Waals surface area (Å²) in [4.78, 5) is 39.5. The fraction of sp³-hybridized carbons (Fsp3) is 0.464. The number of ether oxygens (including phenoxy) is 1. The second kappa shape index (κ2) is 10.8. The molecule has 0 aromatic heterocycles. The number of piperidine rings is 1. The molecule has 2 unspecified atom stereocenters. The van der Waals surface area contributed by atoms with E-state index in [9.17, 15) is 14.4 Å². The minimum Gasteiger partial charge on any atom is -0.370 e. The number of para-hydroxylation sites is 1. The largest absolute Gasteiger partial charge is 0.370 e. The lowest BCUT2D eigenvalue weighted by atomic mass is 9.69. The van der Waals surface area contributed by atoms with Crippen LogP contribution in [0.5, 0.6) is 0 Å². The van der Waals surface area contributed by atoms with Crippen LogP contribution < -0.4 is 21.3 Å². The molecule has 36 heavy (non-hydrogen) atoms. The molecular weight excluding hydrogens is 456 g/mol. The molecule has 2 amide bonds. The lowest BCUT2D eigenvalue weighted by Crippen LogP contribution is -2.52. The summed E-state index contributed by atoms with van der Waals surface area (Å²) in [6.07, 6.45) is 1.63. The summed E-state index contributed by atoms with van der Waals surface area (Å²) >= 11 is 0. The Kier molecular flexibility index (Phi) is 7.76. The van der Waals surface area contributed by atoms with Crippen molar-refractivity contribution in [3.05, 3.63) is 65.7 Å². The molecule has 8 heteroatoms. The molecule has 2 fully saturated rings. The number of anilines is 1. The lowest BCUT2D eigenvalue weighted by Gasteiger charge is -2.44. The minimum atomic E-state index is -1.04. The van der Waals surface area contributed by atoms with Crippen LogP contribution in [0.15, 0.2) is 54.6 Å². The highest BCUT2D eigenvalue weighted by Crippen LogP contribution is 2.44. The van der Waals surface area contributed by atoms with Gasteiger partial charge >= 0.3 is 0 Å². The molecule has 4 N–H and O–H groups in total. The number of ketones is 1. The van der Waals surface area contributed by atoms with Crippen LogP contribution in [0.1, 0.15) is 31.4 Å². The highest BCUT2D eigenvalue weighted by Gasteiger charge is 2.53. The Hall–Kier alpha value is -3.23. The Morgan fingerprint density at radius 1 is 1.17 bits per heavy atom. The third-order valence-corrected chi connectivity index (χ3v) is 7.21. The second-order valence-corrected chi connectivity index (χ2v) is 10.5. The normalized spacial score (nSPS) is 21.6. The number of fused-ring (bicyclic) bond motifs is 1. The minimum absolute atomic E-state index is 0.109. The molecule has 2 aliphatic heterocycles. The number of hydrogen-bond acceptors (Lipinski definition) is 6. The van der Waals surface area contributed by atoms with Crippen molar-refractivity contribution in [1.82, 2.24) is 10.6 Å². The van der Waals surface area contributed by atoms with Gasteiger partial charge in [0.2, 0.25) is 11.8 Å². The van der Waals surface area contributed by atoms with Gasteiger partial charge in [-0.25, -0.2) is 0 Å². The Morgan fingerprint density at radius 2 is 1.89 bits per heavy atom. The number of benzene rings is 2. The third-order valence-electron chi connectivity index (χ3n) is 7.21. The molecule has 2 saturated heterocycles. The molecule has 192 valence electrons. The number of nitrogens with two attached hydrogens (primary N) is 1. The van der Waals surface area contributed by atoms with Gasteiger partial charge in [-0.1, -0.05) is 48.5 Å². The van der Waals surface area contributed by atoms with Crippen LogP contribution in [0.3, 0.4) is 0 Å². The van der Waals surface area contributed by atoms with Crippen LogP contribution in [0.25, 0.3) is 0 Å². The van der Waals surface area contributed by atoms with Gasteiger partial charge in [-0.05, 0) is 44.2 Å². The summed E-state index contributed by atoms with van der Waals surface area (Å²) in [6.45, 7) is 5.42. The molecule has 2 aromatic carbocycles. The third kappa shape index (κ3) is 5.77. The first kappa shape index (κ1) is 25.9. The molecule has 0 spiro atoms. The number of amides is 2. The van der Waals surface area contributed by atoms with Gasteiger partial charge in [0, 0.05) is 30.9 Å². The van der Waals surface area contributed by atoms with Crippen LogP contribution in [0.2, 0.25) is 0 Å². The molecule has 2 heterocycles. The van der Waals surface area contributed by atoms with E-state index in [4.69, 9.17) is 10.5 Å². The fourth-order valence-corrected chi connectivity index (χ4v) is 5.20. The summed E-state index contributed by atoms with van der Waals surface area (Å²) in [5.74, 6) is -0.181. The van der Waals surface area contributed by atoms with Crippen LogP contribution in [-0.4, -0.2) is 55.9 Å². The van der Waals surface area contributed by atoms with Gasteiger partial charge < -0.3 is 26.0 Å². The molecule has 2 aliphatic rings.